The molecule has 3 heteroatoms. The molecular weight excluding hydrogens is 224 g/mol. The molecule has 2 nitrogen and oxygen atoms in total. The Kier molecular flexibility index (Phi) is 3.49. The molecule has 0 aromatic heterocycles. The summed E-state index contributed by atoms with van der Waals surface area (Å²) in [6.07, 6.45) is 3.46. The first kappa shape index (κ1) is 11.5. The van der Waals surface area contributed by atoms with E-state index < -0.39 is 5.97 Å². The minimum atomic E-state index is -0.695. The van der Waals surface area contributed by atoms with Gasteiger partial charge in [-0.2, -0.15) is 0 Å². The molecule has 1 aliphatic rings. The van der Waals surface area contributed by atoms with Crippen LogP contribution in [0, 0.1) is 11.8 Å². The first-order chi connectivity index (χ1) is 7.65. The van der Waals surface area contributed by atoms with Crippen LogP contribution in [0.5, 0.6) is 0 Å². The SMILES string of the molecule is O=C(O)CC(Cc1cccc(Cl)c1)C1CC1. The summed E-state index contributed by atoms with van der Waals surface area (Å²) in [6.45, 7) is 0. The van der Waals surface area contributed by atoms with Gasteiger partial charge in [0, 0.05) is 11.4 Å². The van der Waals surface area contributed by atoms with Crippen LogP contribution in [-0.4, -0.2) is 11.1 Å². The van der Waals surface area contributed by atoms with Gasteiger partial charge in [0.25, 0.3) is 0 Å². The average Bonchev–Trinajstić information content (AvgIpc) is 2.99. The molecule has 1 saturated carbocycles. The molecule has 0 aliphatic heterocycles. The fourth-order valence-electron chi connectivity index (χ4n) is 2.16. The monoisotopic (exact) mass is 238 g/mol. The van der Waals surface area contributed by atoms with Crippen LogP contribution in [0.3, 0.4) is 0 Å². The topological polar surface area (TPSA) is 37.3 Å². The molecule has 1 aromatic rings. The van der Waals surface area contributed by atoms with E-state index in [-0.39, 0.29) is 12.3 Å². The summed E-state index contributed by atoms with van der Waals surface area (Å²) >= 11 is 5.91. The van der Waals surface area contributed by atoms with Gasteiger partial charge in [-0.1, -0.05) is 23.7 Å². The molecule has 2 rings (SSSR count). The molecule has 0 spiro atoms. The van der Waals surface area contributed by atoms with E-state index in [2.05, 4.69) is 0 Å². The second kappa shape index (κ2) is 4.88. The van der Waals surface area contributed by atoms with Crippen molar-refractivity contribution in [3.05, 3.63) is 34.9 Å². The van der Waals surface area contributed by atoms with Gasteiger partial charge in [0.05, 0.1) is 0 Å². The zero-order valence-electron chi connectivity index (χ0n) is 9.03. The molecule has 1 atom stereocenters. The zero-order valence-corrected chi connectivity index (χ0v) is 9.78. The van der Waals surface area contributed by atoms with Crippen molar-refractivity contribution in [2.24, 2.45) is 11.8 Å². The molecule has 0 amide bonds. The number of hydrogen-bond acceptors (Lipinski definition) is 1. The van der Waals surface area contributed by atoms with Crippen molar-refractivity contribution in [2.45, 2.75) is 25.7 Å². The van der Waals surface area contributed by atoms with E-state index in [0.29, 0.717) is 5.92 Å². The van der Waals surface area contributed by atoms with Crippen molar-refractivity contribution >= 4 is 17.6 Å². The van der Waals surface area contributed by atoms with Crippen LogP contribution < -0.4 is 0 Å². The number of carboxylic acids is 1. The fourth-order valence-corrected chi connectivity index (χ4v) is 2.38. The number of rotatable bonds is 5. The van der Waals surface area contributed by atoms with Crippen molar-refractivity contribution < 1.29 is 9.90 Å². The Balaban J connectivity index is 2.02. The maximum atomic E-state index is 10.8. The first-order valence-corrected chi connectivity index (χ1v) is 5.99. The lowest BCUT2D eigenvalue weighted by molar-refractivity contribution is -0.138. The van der Waals surface area contributed by atoms with Gasteiger partial charge in [-0.3, -0.25) is 4.79 Å². The van der Waals surface area contributed by atoms with Gasteiger partial charge in [0.15, 0.2) is 0 Å². The second-order valence-electron chi connectivity index (χ2n) is 4.53. The van der Waals surface area contributed by atoms with E-state index in [9.17, 15) is 4.79 Å². The molecule has 1 fully saturated rings. The van der Waals surface area contributed by atoms with E-state index in [1.54, 1.807) is 0 Å². The highest BCUT2D eigenvalue weighted by atomic mass is 35.5. The smallest absolute Gasteiger partial charge is 0.303 e. The van der Waals surface area contributed by atoms with Gasteiger partial charge in [-0.05, 0) is 48.8 Å². The molecule has 16 heavy (non-hydrogen) atoms. The van der Waals surface area contributed by atoms with Gasteiger partial charge >= 0.3 is 5.97 Å². The van der Waals surface area contributed by atoms with Crippen LogP contribution >= 0.6 is 11.6 Å². The Morgan fingerprint density at radius 3 is 2.81 bits per heavy atom. The summed E-state index contributed by atoms with van der Waals surface area (Å²) in [5.41, 5.74) is 1.14. The molecule has 86 valence electrons. The normalized spacial score (nSPS) is 17.1. The van der Waals surface area contributed by atoms with Gasteiger partial charge in [0.2, 0.25) is 0 Å². The molecule has 0 radical (unpaired) electrons. The predicted molar refractivity (Wildman–Crippen MR) is 63.6 cm³/mol. The van der Waals surface area contributed by atoms with Gasteiger partial charge in [0.1, 0.15) is 0 Å². The Morgan fingerprint density at radius 2 is 2.25 bits per heavy atom. The lowest BCUT2D eigenvalue weighted by Gasteiger charge is -2.13. The fraction of sp³-hybridized carbons (Fsp3) is 0.462. The number of carbonyl (C=O) groups is 1. The van der Waals surface area contributed by atoms with Crippen molar-refractivity contribution in [3.8, 4) is 0 Å². The van der Waals surface area contributed by atoms with Gasteiger partial charge in [-0.25, -0.2) is 0 Å². The van der Waals surface area contributed by atoms with Crippen molar-refractivity contribution in [1.82, 2.24) is 0 Å². The minimum absolute atomic E-state index is 0.274. The Bertz CT molecular complexity index is 385. The lowest BCUT2D eigenvalue weighted by atomic mass is 9.92. The van der Waals surface area contributed by atoms with Crippen LogP contribution in [0.2, 0.25) is 5.02 Å². The highest BCUT2D eigenvalue weighted by Crippen LogP contribution is 2.40. The van der Waals surface area contributed by atoms with Gasteiger partial charge in [-0.15, -0.1) is 0 Å². The molecule has 0 heterocycles. The van der Waals surface area contributed by atoms with Crippen LogP contribution in [0.25, 0.3) is 0 Å². The van der Waals surface area contributed by atoms with Crippen LogP contribution in [-0.2, 0) is 11.2 Å². The highest BCUT2D eigenvalue weighted by molar-refractivity contribution is 6.30. The van der Waals surface area contributed by atoms with Crippen molar-refractivity contribution in [2.75, 3.05) is 0 Å². The maximum Gasteiger partial charge on any atom is 0.303 e. The molecule has 1 unspecified atom stereocenters. The third-order valence-corrected chi connectivity index (χ3v) is 3.35. The standard InChI is InChI=1S/C13H15ClO2/c14-12-3-1-2-9(7-12)6-11(8-13(15)16)10-4-5-10/h1-3,7,10-11H,4-6,8H2,(H,15,16). The molecule has 0 bridgehead atoms. The van der Waals surface area contributed by atoms with E-state index in [1.807, 2.05) is 24.3 Å². The summed E-state index contributed by atoms with van der Waals surface area (Å²) in [5, 5.41) is 9.59. The maximum absolute atomic E-state index is 10.8. The number of hydrogen-bond donors (Lipinski definition) is 1. The summed E-state index contributed by atoms with van der Waals surface area (Å²) in [6, 6.07) is 7.71. The van der Waals surface area contributed by atoms with Crippen LogP contribution in [0.4, 0.5) is 0 Å². The van der Waals surface area contributed by atoms with E-state index >= 15 is 0 Å². The lowest BCUT2D eigenvalue weighted by Crippen LogP contribution is -2.12. The summed E-state index contributed by atoms with van der Waals surface area (Å²) in [4.78, 5) is 10.8. The third-order valence-electron chi connectivity index (χ3n) is 3.11. The number of halogens is 1. The second-order valence-corrected chi connectivity index (χ2v) is 4.97. The van der Waals surface area contributed by atoms with E-state index in [1.165, 1.54) is 12.8 Å². The predicted octanol–water partition coefficient (Wildman–Crippen LogP) is 3.38. The van der Waals surface area contributed by atoms with Gasteiger partial charge < -0.3 is 5.11 Å². The summed E-state index contributed by atoms with van der Waals surface area (Å²) < 4.78 is 0. The Labute approximate surface area is 100 Å². The van der Waals surface area contributed by atoms with Crippen molar-refractivity contribution in [1.29, 1.82) is 0 Å². The summed E-state index contributed by atoms with van der Waals surface area (Å²) in [7, 11) is 0. The van der Waals surface area contributed by atoms with Crippen molar-refractivity contribution in [3.63, 3.8) is 0 Å². The molecule has 0 saturated heterocycles. The third kappa shape index (κ3) is 3.24. The largest absolute Gasteiger partial charge is 0.481 e. The molecular formula is C13H15ClO2. The molecule has 1 aliphatic carbocycles. The number of carboxylic acid groups (broad SMARTS) is 1. The molecule has 1 N–H and O–H groups in total. The molecule has 1 aromatic carbocycles. The number of benzene rings is 1. The van der Waals surface area contributed by atoms with E-state index in [0.717, 1.165) is 17.0 Å². The van der Waals surface area contributed by atoms with E-state index in [4.69, 9.17) is 16.7 Å². The Morgan fingerprint density at radius 1 is 1.50 bits per heavy atom. The first-order valence-electron chi connectivity index (χ1n) is 5.61. The highest BCUT2D eigenvalue weighted by Gasteiger charge is 2.32. The van der Waals surface area contributed by atoms with Crippen LogP contribution in [0.15, 0.2) is 24.3 Å². The number of aliphatic carboxylic acids is 1. The summed E-state index contributed by atoms with van der Waals surface area (Å²) in [5.74, 6) is 0.185. The average molecular weight is 239 g/mol. The minimum Gasteiger partial charge on any atom is -0.481 e. The van der Waals surface area contributed by atoms with Crippen LogP contribution in [0.1, 0.15) is 24.8 Å². The zero-order chi connectivity index (χ0) is 11.5. The quantitative estimate of drug-likeness (QED) is 0.854. The Hall–Kier alpha value is -1.02.